The number of aromatic nitrogens is 4. The molecule has 1 amide bonds. The second-order valence-electron chi connectivity index (χ2n) is 5.49. The standard InChI is InChI=1S/C16H13Cl2N5O3/c1-22-8-12(16(25)26)14(21-22)15(24)20-11-5-19-23(7-11)6-9-2-3-10(17)4-13(9)18/h2-5,7-8H,6H2,1H3,(H,20,24)(H,25,26). The number of nitrogens with zero attached hydrogens (tertiary/aromatic N) is 4. The first-order valence-electron chi connectivity index (χ1n) is 7.38. The maximum absolute atomic E-state index is 12.3. The Morgan fingerprint density at radius 2 is 2.04 bits per heavy atom. The molecule has 0 saturated carbocycles. The molecule has 26 heavy (non-hydrogen) atoms. The minimum absolute atomic E-state index is 0.173. The summed E-state index contributed by atoms with van der Waals surface area (Å²) >= 11 is 12.0. The van der Waals surface area contributed by atoms with Gasteiger partial charge in [0.25, 0.3) is 5.91 Å². The molecule has 0 aliphatic carbocycles. The van der Waals surface area contributed by atoms with Gasteiger partial charge in [0.05, 0.1) is 18.4 Å². The highest BCUT2D eigenvalue weighted by atomic mass is 35.5. The molecule has 1 aromatic carbocycles. The van der Waals surface area contributed by atoms with E-state index < -0.39 is 11.9 Å². The fourth-order valence-electron chi connectivity index (χ4n) is 2.34. The van der Waals surface area contributed by atoms with E-state index in [4.69, 9.17) is 28.3 Å². The predicted octanol–water partition coefficient (Wildman–Crippen LogP) is 2.92. The van der Waals surface area contributed by atoms with Crippen LogP contribution in [0.15, 0.2) is 36.8 Å². The van der Waals surface area contributed by atoms with Crippen LogP contribution >= 0.6 is 23.2 Å². The number of aryl methyl sites for hydroxylation is 1. The maximum atomic E-state index is 12.3. The Hall–Kier alpha value is -2.84. The molecule has 0 atom stereocenters. The Kier molecular flexibility index (Phi) is 4.97. The molecule has 3 aromatic rings. The Bertz CT molecular complexity index is 996. The number of rotatable bonds is 5. The van der Waals surface area contributed by atoms with Gasteiger partial charge in [0.2, 0.25) is 0 Å². The van der Waals surface area contributed by atoms with Gasteiger partial charge in [-0.3, -0.25) is 14.2 Å². The van der Waals surface area contributed by atoms with Crippen LogP contribution in [0, 0.1) is 0 Å². The van der Waals surface area contributed by atoms with Crippen LogP contribution in [0.3, 0.4) is 0 Å². The third-order valence-electron chi connectivity index (χ3n) is 3.51. The smallest absolute Gasteiger partial charge is 0.339 e. The zero-order valence-corrected chi connectivity index (χ0v) is 15.0. The number of carboxylic acid groups (broad SMARTS) is 1. The van der Waals surface area contributed by atoms with E-state index in [0.717, 1.165) is 5.56 Å². The molecule has 134 valence electrons. The summed E-state index contributed by atoms with van der Waals surface area (Å²) in [6.45, 7) is 0.385. The van der Waals surface area contributed by atoms with Crippen molar-refractivity contribution >= 4 is 40.8 Å². The van der Waals surface area contributed by atoms with Crippen LogP contribution in [0.1, 0.15) is 26.4 Å². The minimum Gasteiger partial charge on any atom is -0.478 e. The van der Waals surface area contributed by atoms with E-state index in [1.54, 1.807) is 29.1 Å². The molecule has 3 rings (SSSR count). The van der Waals surface area contributed by atoms with Gasteiger partial charge in [-0.2, -0.15) is 10.2 Å². The normalized spacial score (nSPS) is 10.7. The van der Waals surface area contributed by atoms with Crippen LogP contribution in [0.5, 0.6) is 0 Å². The van der Waals surface area contributed by atoms with E-state index >= 15 is 0 Å². The van der Waals surface area contributed by atoms with E-state index in [1.165, 1.54) is 24.1 Å². The molecule has 0 radical (unpaired) electrons. The number of carboxylic acids is 1. The molecule has 8 nitrogen and oxygen atoms in total. The summed E-state index contributed by atoms with van der Waals surface area (Å²) in [5.41, 5.74) is 0.871. The first-order chi connectivity index (χ1) is 12.3. The van der Waals surface area contributed by atoms with Gasteiger partial charge < -0.3 is 10.4 Å². The molecule has 10 heteroatoms. The Labute approximate surface area is 157 Å². The molecule has 0 saturated heterocycles. The summed E-state index contributed by atoms with van der Waals surface area (Å²) in [6.07, 6.45) is 4.32. The average molecular weight is 394 g/mol. The van der Waals surface area contributed by atoms with Crippen molar-refractivity contribution in [3.05, 3.63) is 63.7 Å². The highest BCUT2D eigenvalue weighted by Gasteiger charge is 2.21. The highest BCUT2D eigenvalue weighted by molar-refractivity contribution is 6.35. The fourth-order valence-corrected chi connectivity index (χ4v) is 2.81. The molecule has 2 heterocycles. The molecule has 0 bridgehead atoms. The van der Waals surface area contributed by atoms with Crippen molar-refractivity contribution in [1.82, 2.24) is 19.6 Å². The third kappa shape index (κ3) is 3.87. The number of carbonyl (C=O) groups excluding carboxylic acids is 1. The summed E-state index contributed by atoms with van der Waals surface area (Å²) < 4.78 is 2.85. The summed E-state index contributed by atoms with van der Waals surface area (Å²) in [7, 11) is 1.54. The van der Waals surface area contributed by atoms with Crippen LogP contribution in [0.2, 0.25) is 10.0 Å². The Morgan fingerprint density at radius 3 is 2.73 bits per heavy atom. The number of benzene rings is 1. The van der Waals surface area contributed by atoms with Crippen molar-refractivity contribution in [2.45, 2.75) is 6.54 Å². The molecule has 0 spiro atoms. The van der Waals surface area contributed by atoms with Crippen LogP contribution in [-0.4, -0.2) is 36.5 Å². The SMILES string of the molecule is Cn1cc(C(=O)O)c(C(=O)Nc2cnn(Cc3ccc(Cl)cc3Cl)c2)n1. The van der Waals surface area contributed by atoms with Crippen molar-refractivity contribution in [3.8, 4) is 0 Å². The van der Waals surface area contributed by atoms with Crippen molar-refractivity contribution in [2.75, 3.05) is 5.32 Å². The lowest BCUT2D eigenvalue weighted by Gasteiger charge is -2.05. The van der Waals surface area contributed by atoms with Gasteiger partial charge in [0.1, 0.15) is 5.56 Å². The number of hydrogen-bond donors (Lipinski definition) is 2. The van der Waals surface area contributed by atoms with Gasteiger partial charge >= 0.3 is 5.97 Å². The summed E-state index contributed by atoms with van der Waals surface area (Å²) in [5, 5.41) is 20.8. The lowest BCUT2D eigenvalue weighted by molar-refractivity contribution is 0.0692. The van der Waals surface area contributed by atoms with Crippen LogP contribution in [0.4, 0.5) is 5.69 Å². The second kappa shape index (κ2) is 7.19. The van der Waals surface area contributed by atoms with Crippen LogP contribution < -0.4 is 5.32 Å². The number of amides is 1. The number of hydrogen-bond acceptors (Lipinski definition) is 4. The molecule has 0 aliphatic rings. The van der Waals surface area contributed by atoms with E-state index in [1.807, 2.05) is 0 Å². The van der Waals surface area contributed by atoms with Crippen molar-refractivity contribution in [1.29, 1.82) is 0 Å². The third-order valence-corrected chi connectivity index (χ3v) is 4.10. The van der Waals surface area contributed by atoms with Gasteiger partial charge in [-0.1, -0.05) is 29.3 Å². The first-order valence-corrected chi connectivity index (χ1v) is 8.14. The van der Waals surface area contributed by atoms with Crippen LogP contribution in [0.25, 0.3) is 0 Å². The lowest BCUT2D eigenvalue weighted by atomic mass is 10.2. The monoisotopic (exact) mass is 393 g/mol. The quantitative estimate of drug-likeness (QED) is 0.693. The number of carbonyl (C=O) groups is 2. The zero-order valence-electron chi connectivity index (χ0n) is 13.5. The molecule has 2 N–H and O–H groups in total. The highest BCUT2D eigenvalue weighted by Crippen LogP contribution is 2.22. The summed E-state index contributed by atoms with van der Waals surface area (Å²) in [6, 6.07) is 5.15. The molecule has 2 aromatic heterocycles. The molecular weight excluding hydrogens is 381 g/mol. The van der Waals surface area contributed by atoms with E-state index in [2.05, 4.69) is 15.5 Å². The van der Waals surface area contributed by atoms with Gasteiger partial charge in [-0.25, -0.2) is 4.79 Å². The predicted molar refractivity (Wildman–Crippen MR) is 95.9 cm³/mol. The van der Waals surface area contributed by atoms with Crippen molar-refractivity contribution in [3.63, 3.8) is 0 Å². The Balaban J connectivity index is 1.74. The lowest BCUT2D eigenvalue weighted by Crippen LogP contribution is -2.16. The van der Waals surface area contributed by atoms with Gasteiger partial charge in [-0.05, 0) is 17.7 Å². The molecular formula is C16H13Cl2N5O3. The first kappa shape index (κ1) is 18.0. The number of aromatic carboxylic acids is 1. The van der Waals surface area contributed by atoms with Gasteiger partial charge in [0, 0.05) is 29.5 Å². The van der Waals surface area contributed by atoms with Crippen molar-refractivity contribution in [2.24, 2.45) is 7.05 Å². The maximum Gasteiger partial charge on any atom is 0.339 e. The second-order valence-corrected chi connectivity index (χ2v) is 6.33. The molecule has 0 unspecified atom stereocenters. The van der Waals surface area contributed by atoms with Gasteiger partial charge in [-0.15, -0.1) is 0 Å². The molecule has 0 aliphatic heterocycles. The number of anilines is 1. The van der Waals surface area contributed by atoms with E-state index in [0.29, 0.717) is 22.3 Å². The van der Waals surface area contributed by atoms with Crippen molar-refractivity contribution < 1.29 is 14.7 Å². The average Bonchev–Trinajstić information content (AvgIpc) is 3.16. The van der Waals surface area contributed by atoms with E-state index in [-0.39, 0.29) is 11.3 Å². The largest absolute Gasteiger partial charge is 0.478 e. The van der Waals surface area contributed by atoms with E-state index in [9.17, 15) is 9.59 Å². The molecule has 0 fully saturated rings. The zero-order chi connectivity index (χ0) is 18.8. The van der Waals surface area contributed by atoms with Gasteiger partial charge in [0.15, 0.2) is 5.69 Å². The fraction of sp³-hybridized carbons (Fsp3) is 0.125. The topological polar surface area (TPSA) is 102 Å². The Morgan fingerprint density at radius 1 is 1.27 bits per heavy atom. The number of nitrogens with one attached hydrogen (secondary N) is 1. The number of halogens is 2. The van der Waals surface area contributed by atoms with Crippen LogP contribution in [-0.2, 0) is 13.6 Å². The summed E-state index contributed by atoms with van der Waals surface area (Å²) in [4.78, 5) is 23.5. The summed E-state index contributed by atoms with van der Waals surface area (Å²) in [5.74, 6) is -1.86. The minimum atomic E-state index is -1.23.